The van der Waals surface area contributed by atoms with Crippen molar-refractivity contribution in [3.05, 3.63) is 41.7 Å². The average Bonchev–Trinajstić information content (AvgIpc) is 2.79. The van der Waals surface area contributed by atoms with Crippen molar-refractivity contribution in [3.8, 4) is 0 Å². The van der Waals surface area contributed by atoms with E-state index in [0.717, 1.165) is 10.4 Å². The van der Waals surface area contributed by atoms with Gasteiger partial charge in [0.2, 0.25) is 21.9 Å². The second-order valence-electron chi connectivity index (χ2n) is 7.53. The highest BCUT2D eigenvalue weighted by Crippen LogP contribution is 2.44. The number of nitrogens with two attached hydrogens (primary N) is 1. The normalized spacial score (nSPS) is 28.7. The fourth-order valence-corrected chi connectivity index (χ4v) is 5.77. The van der Waals surface area contributed by atoms with Crippen LogP contribution in [0.4, 0.5) is 10.1 Å². The minimum atomic E-state index is -3.90. The topological polar surface area (TPSA) is 148 Å². The van der Waals surface area contributed by atoms with Crippen LogP contribution < -0.4 is 16.4 Å². The first-order chi connectivity index (χ1) is 15.2. The van der Waals surface area contributed by atoms with Gasteiger partial charge < -0.3 is 25.8 Å². The molecule has 11 nitrogen and oxygen atoms in total. The van der Waals surface area contributed by atoms with Crippen LogP contribution >= 0.6 is 0 Å². The minimum Gasteiger partial charge on any atom is -0.480 e. The number of carbonyl (C=O) groups is 1. The molecule has 0 bridgehead atoms. The Morgan fingerprint density at radius 3 is 2.94 bits per heavy atom. The number of halogens is 1. The number of guanidine groups is 1. The third kappa shape index (κ3) is 3.56. The van der Waals surface area contributed by atoms with Crippen molar-refractivity contribution in [3.63, 3.8) is 0 Å². The summed E-state index contributed by atoms with van der Waals surface area (Å²) in [5.41, 5.74) is 4.55. The Bertz CT molecular complexity index is 1140. The van der Waals surface area contributed by atoms with Gasteiger partial charge in [0.15, 0.2) is 0 Å². The maximum Gasteiger partial charge on any atom is 0.252 e. The molecule has 172 valence electrons. The molecule has 0 aliphatic carbocycles. The monoisotopic (exact) mass is 466 g/mol. The van der Waals surface area contributed by atoms with Crippen LogP contribution in [0.15, 0.2) is 40.3 Å². The molecule has 1 amide bonds. The number of hydrogen-bond acceptors (Lipinski definition) is 9. The van der Waals surface area contributed by atoms with Crippen molar-refractivity contribution in [2.45, 2.75) is 23.3 Å². The molecule has 1 aromatic rings. The van der Waals surface area contributed by atoms with E-state index in [0.29, 0.717) is 5.88 Å². The SMILES string of the molecule is COC1=CNC(C(=O)Nc2ccc(F)c([C@]34COCCC3S(=O)(=O)N(C)C(N)=N4)c2)C=N1. The lowest BCUT2D eigenvalue weighted by molar-refractivity contribution is -0.116. The lowest BCUT2D eigenvalue weighted by Gasteiger charge is -2.45. The molecular formula is C19H23FN6O5S. The molecule has 32 heavy (non-hydrogen) atoms. The van der Waals surface area contributed by atoms with Crippen molar-refractivity contribution >= 4 is 33.8 Å². The summed E-state index contributed by atoms with van der Waals surface area (Å²) in [6.45, 7) is 0.0256. The quantitative estimate of drug-likeness (QED) is 0.558. The molecule has 4 N–H and O–H groups in total. The Labute approximate surface area is 184 Å². The van der Waals surface area contributed by atoms with Gasteiger partial charge in [-0.05, 0) is 24.6 Å². The third-order valence-electron chi connectivity index (χ3n) is 5.69. The molecule has 3 aliphatic rings. The zero-order valence-electron chi connectivity index (χ0n) is 17.4. The van der Waals surface area contributed by atoms with Crippen LogP contribution in [0.5, 0.6) is 0 Å². The van der Waals surface area contributed by atoms with E-state index in [4.69, 9.17) is 15.2 Å². The standard InChI is InChI=1S/C19H23FN6O5S/c1-26-18(21)25-19(10-31-6-5-15(19)32(26,28)29)12-7-11(3-4-13(12)20)24-17(27)14-8-23-16(30-2)9-22-14/h3-4,7-9,14-15,22H,5-6,10H2,1-2H3,(H2,21,25)(H,24,27)/t14?,15?,19-/m1/s1. The number of sulfonamides is 1. The van der Waals surface area contributed by atoms with E-state index in [1.807, 2.05) is 0 Å². The predicted octanol–water partition coefficient (Wildman–Crippen LogP) is -0.174. The van der Waals surface area contributed by atoms with Crippen LogP contribution in [0.2, 0.25) is 0 Å². The first-order valence-corrected chi connectivity index (χ1v) is 11.3. The number of carbonyl (C=O) groups excluding carboxylic acids is 1. The maximum absolute atomic E-state index is 15.0. The summed E-state index contributed by atoms with van der Waals surface area (Å²) in [6.07, 6.45) is 2.94. The van der Waals surface area contributed by atoms with Crippen molar-refractivity contribution < 1.29 is 27.1 Å². The van der Waals surface area contributed by atoms with Crippen molar-refractivity contribution in [1.82, 2.24) is 9.62 Å². The molecule has 1 saturated heterocycles. The number of anilines is 1. The number of nitrogens with one attached hydrogen (secondary N) is 2. The smallest absolute Gasteiger partial charge is 0.252 e. The maximum atomic E-state index is 15.0. The van der Waals surface area contributed by atoms with Gasteiger partial charge >= 0.3 is 0 Å². The molecule has 4 rings (SSSR count). The van der Waals surface area contributed by atoms with Crippen LogP contribution in [0.25, 0.3) is 0 Å². The lowest BCUT2D eigenvalue weighted by Crippen LogP contribution is -2.61. The molecular weight excluding hydrogens is 443 g/mol. The Morgan fingerprint density at radius 1 is 1.47 bits per heavy atom. The van der Waals surface area contributed by atoms with E-state index in [-0.39, 0.29) is 36.8 Å². The van der Waals surface area contributed by atoms with Gasteiger partial charge in [0.1, 0.15) is 22.6 Å². The number of rotatable bonds is 4. The van der Waals surface area contributed by atoms with E-state index in [1.165, 1.54) is 38.7 Å². The molecule has 3 heterocycles. The van der Waals surface area contributed by atoms with Gasteiger partial charge in [-0.2, -0.15) is 0 Å². The first kappa shape index (κ1) is 22.0. The summed E-state index contributed by atoms with van der Waals surface area (Å²) in [5, 5.41) is 4.44. The number of hydrogen-bond donors (Lipinski definition) is 3. The molecule has 1 fully saturated rings. The highest BCUT2D eigenvalue weighted by atomic mass is 32.2. The van der Waals surface area contributed by atoms with Crippen LogP contribution in [0.3, 0.4) is 0 Å². The molecule has 3 atom stereocenters. The van der Waals surface area contributed by atoms with Crippen LogP contribution in [0, 0.1) is 5.82 Å². The van der Waals surface area contributed by atoms with E-state index in [9.17, 15) is 13.2 Å². The molecule has 0 spiro atoms. The summed E-state index contributed by atoms with van der Waals surface area (Å²) in [4.78, 5) is 21.0. The number of aliphatic imine (C=N–C) groups is 2. The van der Waals surface area contributed by atoms with Crippen LogP contribution in [0.1, 0.15) is 12.0 Å². The van der Waals surface area contributed by atoms with E-state index >= 15 is 4.39 Å². The van der Waals surface area contributed by atoms with Crippen LogP contribution in [-0.4, -0.2) is 69.5 Å². The summed E-state index contributed by atoms with van der Waals surface area (Å²) in [6, 6.07) is 3.11. The summed E-state index contributed by atoms with van der Waals surface area (Å²) in [5.74, 6) is -1.08. The van der Waals surface area contributed by atoms with Crippen molar-refractivity contribution in [1.29, 1.82) is 0 Å². The van der Waals surface area contributed by atoms with Crippen molar-refractivity contribution in [2.24, 2.45) is 15.7 Å². The molecule has 1 aromatic carbocycles. The van der Waals surface area contributed by atoms with Gasteiger partial charge in [-0.15, -0.1) is 0 Å². The number of fused-ring (bicyclic) bond motifs is 1. The number of ether oxygens (including phenoxy) is 2. The zero-order chi connectivity index (χ0) is 23.1. The second-order valence-corrected chi connectivity index (χ2v) is 9.68. The Hall–Kier alpha value is -3.19. The van der Waals surface area contributed by atoms with Gasteiger partial charge in [0, 0.05) is 31.1 Å². The van der Waals surface area contributed by atoms with Gasteiger partial charge in [0.05, 0.1) is 19.9 Å². The van der Waals surface area contributed by atoms with E-state index < -0.39 is 38.6 Å². The van der Waals surface area contributed by atoms with E-state index in [1.54, 1.807) is 0 Å². The molecule has 13 heteroatoms. The highest BCUT2D eigenvalue weighted by Gasteiger charge is 2.56. The van der Waals surface area contributed by atoms with Gasteiger partial charge in [-0.1, -0.05) is 0 Å². The van der Waals surface area contributed by atoms with Gasteiger partial charge in [-0.25, -0.2) is 27.1 Å². The van der Waals surface area contributed by atoms with Gasteiger partial charge in [0.25, 0.3) is 5.91 Å². The predicted molar refractivity (Wildman–Crippen MR) is 115 cm³/mol. The number of nitrogens with zero attached hydrogens (tertiary/aromatic N) is 3. The van der Waals surface area contributed by atoms with Gasteiger partial charge in [-0.3, -0.25) is 4.79 Å². The lowest BCUT2D eigenvalue weighted by atomic mass is 9.84. The average molecular weight is 466 g/mol. The van der Waals surface area contributed by atoms with E-state index in [2.05, 4.69) is 20.6 Å². The summed E-state index contributed by atoms with van der Waals surface area (Å²) < 4.78 is 52.5. The van der Waals surface area contributed by atoms with Crippen molar-refractivity contribution in [2.75, 3.05) is 32.7 Å². The second kappa shape index (κ2) is 8.06. The fraction of sp³-hybridized carbons (Fsp3) is 0.421. The largest absolute Gasteiger partial charge is 0.480 e. The zero-order valence-corrected chi connectivity index (χ0v) is 18.2. The number of methoxy groups -OCH3 is 1. The summed E-state index contributed by atoms with van der Waals surface area (Å²) >= 11 is 0. The van der Waals surface area contributed by atoms with Crippen LogP contribution in [-0.2, 0) is 29.8 Å². The number of amides is 1. The first-order valence-electron chi connectivity index (χ1n) is 9.75. The minimum absolute atomic E-state index is 0.0218. The third-order valence-corrected chi connectivity index (χ3v) is 7.98. The molecule has 0 saturated carbocycles. The molecule has 0 radical (unpaired) electrons. The molecule has 2 unspecified atom stereocenters. The highest BCUT2D eigenvalue weighted by molar-refractivity contribution is 7.90. The Balaban J connectivity index is 1.69. The molecule has 3 aliphatic heterocycles. The molecule has 0 aromatic heterocycles. The Kier molecular flexibility index (Phi) is 5.54. The Morgan fingerprint density at radius 2 is 2.25 bits per heavy atom. The number of benzene rings is 1. The fourth-order valence-electron chi connectivity index (χ4n) is 3.96. The summed E-state index contributed by atoms with van der Waals surface area (Å²) in [7, 11) is -1.14.